The minimum absolute atomic E-state index is 0.152. The molecule has 0 aliphatic rings. The number of nitrogens with zero attached hydrogens (tertiary/aromatic N) is 1. The lowest BCUT2D eigenvalue weighted by Crippen LogP contribution is -2.40. The first-order valence-corrected chi connectivity index (χ1v) is 8.28. The van der Waals surface area contributed by atoms with Crippen molar-refractivity contribution in [2.45, 2.75) is 44.0 Å². The molecule has 0 aliphatic carbocycles. The van der Waals surface area contributed by atoms with E-state index in [1.54, 1.807) is 0 Å². The van der Waals surface area contributed by atoms with Crippen molar-refractivity contribution in [1.29, 1.82) is 0 Å². The van der Waals surface area contributed by atoms with Crippen LogP contribution in [0.1, 0.15) is 31.7 Å². The van der Waals surface area contributed by atoms with Gasteiger partial charge in [-0.2, -0.15) is 0 Å². The molecule has 1 rings (SSSR count). The predicted molar refractivity (Wildman–Crippen MR) is 80.5 cm³/mol. The van der Waals surface area contributed by atoms with E-state index in [-0.39, 0.29) is 11.4 Å². The summed E-state index contributed by atoms with van der Waals surface area (Å²) < 4.78 is 27.4. The van der Waals surface area contributed by atoms with Gasteiger partial charge in [-0.15, -0.1) is 0 Å². The molecule has 0 aliphatic heterocycles. The molecule has 0 bridgehead atoms. The van der Waals surface area contributed by atoms with Crippen LogP contribution < -0.4 is 10.5 Å². The van der Waals surface area contributed by atoms with E-state index in [4.69, 9.17) is 5.73 Å². The number of nitro groups is 1. The molecule has 8 heteroatoms. The Bertz CT molecular complexity index is 601. The van der Waals surface area contributed by atoms with E-state index in [2.05, 4.69) is 4.72 Å². The van der Waals surface area contributed by atoms with Crippen LogP contribution in [0, 0.1) is 17.0 Å². The van der Waals surface area contributed by atoms with E-state index in [1.165, 1.54) is 25.1 Å². The van der Waals surface area contributed by atoms with Gasteiger partial charge in [-0.1, -0.05) is 31.9 Å². The van der Waals surface area contributed by atoms with Gasteiger partial charge in [0.25, 0.3) is 5.69 Å². The van der Waals surface area contributed by atoms with Gasteiger partial charge < -0.3 is 5.73 Å². The van der Waals surface area contributed by atoms with Gasteiger partial charge in [0.05, 0.1) is 4.92 Å². The molecule has 1 aromatic rings. The van der Waals surface area contributed by atoms with E-state index in [0.29, 0.717) is 12.0 Å². The molecule has 0 fully saturated rings. The van der Waals surface area contributed by atoms with Gasteiger partial charge in [-0.25, -0.2) is 13.1 Å². The molecule has 118 valence electrons. The van der Waals surface area contributed by atoms with Crippen LogP contribution in [0.25, 0.3) is 0 Å². The molecule has 0 heterocycles. The third-order valence-electron chi connectivity index (χ3n) is 3.17. The Morgan fingerprint density at radius 3 is 2.62 bits per heavy atom. The summed E-state index contributed by atoms with van der Waals surface area (Å²) in [5.41, 5.74) is 5.49. The molecule has 21 heavy (non-hydrogen) atoms. The standard InChI is InChI=1S/C13H21N3O4S/c1-3-4-7-11(9-14)15-21(19,20)13-10(2)6-5-8-12(13)16(17)18/h5-6,8,11,15H,3-4,7,9,14H2,1-2H3. The van der Waals surface area contributed by atoms with Crippen LogP contribution in [0.2, 0.25) is 0 Å². The second-order valence-electron chi connectivity index (χ2n) is 4.88. The normalized spacial score (nSPS) is 13.1. The average molecular weight is 315 g/mol. The Hall–Kier alpha value is -1.51. The minimum atomic E-state index is -3.98. The highest BCUT2D eigenvalue weighted by molar-refractivity contribution is 7.89. The summed E-state index contributed by atoms with van der Waals surface area (Å²) in [6, 6.07) is 3.76. The van der Waals surface area contributed by atoms with Crippen molar-refractivity contribution in [3.8, 4) is 0 Å². The Kier molecular flexibility index (Phi) is 6.25. The summed E-state index contributed by atoms with van der Waals surface area (Å²) in [7, 11) is -3.98. The van der Waals surface area contributed by atoms with Crippen LogP contribution in [0.15, 0.2) is 23.1 Å². The summed E-state index contributed by atoms with van der Waals surface area (Å²) in [5.74, 6) is 0. The van der Waals surface area contributed by atoms with E-state index in [1.807, 2.05) is 6.92 Å². The van der Waals surface area contributed by atoms with Crippen LogP contribution in [0.3, 0.4) is 0 Å². The van der Waals surface area contributed by atoms with Gasteiger partial charge in [0.15, 0.2) is 4.90 Å². The average Bonchev–Trinajstić information content (AvgIpc) is 2.42. The lowest BCUT2D eigenvalue weighted by atomic mass is 10.1. The SMILES string of the molecule is CCCCC(CN)NS(=O)(=O)c1c(C)cccc1[N+](=O)[O-]. The van der Waals surface area contributed by atoms with Gasteiger partial charge in [0, 0.05) is 18.7 Å². The molecule has 1 atom stereocenters. The molecule has 0 radical (unpaired) electrons. The van der Waals surface area contributed by atoms with Gasteiger partial charge in [0.2, 0.25) is 10.0 Å². The molecule has 0 amide bonds. The van der Waals surface area contributed by atoms with Crippen molar-refractivity contribution in [3.63, 3.8) is 0 Å². The molecule has 7 nitrogen and oxygen atoms in total. The Balaban J connectivity index is 3.16. The molecule has 1 unspecified atom stereocenters. The first kappa shape index (κ1) is 17.5. The van der Waals surface area contributed by atoms with E-state index in [9.17, 15) is 18.5 Å². The lowest BCUT2D eigenvalue weighted by molar-refractivity contribution is -0.387. The first-order chi connectivity index (χ1) is 9.83. The largest absolute Gasteiger partial charge is 0.329 e. The molecule has 1 aromatic carbocycles. The third-order valence-corrected chi connectivity index (χ3v) is 4.88. The number of nitro benzene ring substituents is 1. The van der Waals surface area contributed by atoms with Crippen LogP contribution in [-0.2, 0) is 10.0 Å². The van der Waals surface area contributed by atoms with E-state index >= 15 is 0 Å². The molecule has 0 saturated carbocycles. The quantitative estimate of drug-likeness (QED) is 0.559. The van der Waals surface area contributed by atoms with Gasteiger partial charge in [0.1, 0.15) is 0 Å². The zero-order chi connectivity index (χ0) is 16.0. The predicted octanol–water partition coefficient (Wildman–Crippen LogP) is 1.70. The lowest BCUT2D eigenvalue weighted by Gasteiger charge is -2.17. The highest BCUT2D eigenvalue weighted by atomic mass is 32.2. The minimum Gasteiger partial charge on any atom is -0.329 e. The number of hydrogen-bond acceptors (Lipinski definition) is 5. The number of unbranched alkanes of at least 4 members (excludes halogenated alkanes) is 1. The monoisotopic (exact) mass is 315 g/mol. The molecule has 0 aromatic heterocycles. The summed E-state index contributed by atoms with van der Waals surface area (Å²) >= 11 is 0. The van der Waals surface area contributed by atoms with Crippen LogP contribution in [-0.4, -0.2) is 25.9 Å². The maximum atomic E-state index is 12.4. The number of benzene rings is 1. The second kappa shape index (κ2) is 7.48. The smallest absolute Gasteiger partial charge is 0.289 e. The maximum absolute atomic E-state index is 12.4. The number of aryl methyl sites for hydroxylation is 1. The van der Waals surface area contributed by atoms with Crippen molar-refractivity contribution in [3.05, 3.63) is 33.9 Å². The zero-order valence-electron chi connectivity index (χ0n) is 12.2. The summed E-state index contributed by atoms with van der Waals surface area (Å²) in [6.45, 7) is 3.68. The van der Waals surface area contributed by atoms with Crippen molar-refractivity contribution < 1.29 is 13.3 Å². The van der Waals surface area contributed by atoms with E-state index in [0.717, 1.165) is 12.8 Å². The number of nitrogens with two attached hydrogens (primary N) is 1. The van der Waals surface area contributed by atoms with Crippen LogP contribution in [0.5, 0.6) is 0 Å². The summed E-state index contributed by atoms with van der Waals surface area (Å²) in [6.07, 6.45) is 2.36. The Morgan fingerprint density at radius 2 is 2.10 bits per heavy atom. The fourth-order valence-corrected chi connectivity index (χ4v) is 3.76. The van der Waals surface area contributed by atoms with Gasteiger partial charge in [-0.05, 0) is 18.9 Å². The summed E-state index contributed by atoms with van der Waals surface area (Å²) in [4.78, 5) is 10.1. The van der Waals surface area contributed by atoms with Crippen molar-refractivity contribution in [2.24, 2.45) is 5.73 Å². The highest BCUT2D eigenvalue weighted by Crippen LogP contribution is 2.27. The molecule has 0 spiro atoms. The molecule has 0 saturated heterocycles. The van der Waals surface area contributed by atoms with Crippen molar-refractivity contribution >= 4 is 15.7 Å². The number of rotatable bonds is 8. The first-order valence-electron chi connectivity index (χ1n) is 6.79. The van der Waals surface area contributed by atoms with E-state index < -0.39 is 26.7 Å². The fraction of sp³-hybridized carbons (Fsp3) is 0.538. The Labute approximate surface area is 124 Å². The molecular formula is C13H21N3O4S. The number of nitrogens with one attached hydrogen (secondary N) is 1. The fourth-order valence-electron chi connectivity index (χ4n) is 2.08. The zero-order valence-corrected chi connectivity index (χ0v) is 13.0. The van der Waals surface area contributed by atoms with Crippen LogP contribution in [0.4, 0.5) is 5.69 Å². The second-order valence-corrected chi connectivity index (χ2v) is 6.53. The summed E-state index contributed by atoms with van der Waals surface area (Å²) in [5, 5.41) is 11.0. The van der Waals surface area contributed by atoms with Gasteiger partial charge in [-0.3, -0.25) is 10.1 Å². The van der Waals surface area contributed by atoms with Crippen molar-refractivity contribution in [1.82, 2.24) is 4.72 Å². The Morgan fingerprint density at radius 1 is 1.43 bits per heavy atom. The number of hydrogen-bond donors (Lipinski definition) is 2. The van der Waals surface area contributed by atoms with Gasteiger partial charge >= 0.3 is 0 Å². The highest BCUT2D eigenvalue weighted by Gasteiger charge is 2.29. The third kappa shape index (κ3) is 4.48. The molecular weight excluding hydrogens is 294 g/mol. The van der Waals surface area contributed by atoms with Crippen molar-refractivity contribution in [2.75, 3.05) is 6.54 Å². The number of sulfonamides is 1. The topological polar surface area (TPSA) is 115 Å². The molecule has 3 N–H and O–H groups in total. The van der Waals surface area contributed by atoms with Crippen LogP contribution >= 0.6 is 0 Å². The maximum Gasteiger partial charge on any atom is 0.289 e.